The average molecular weight is 269 g/mol. The van der Waals surface area contributed by atoms with Crippen molar-refractivity contribution >= 4 is 11.8 Å². The van der Waals surface area contributed by atoms with Crippen molar-refractivity contribution in [3.8, 4) is 17.7 Å². The fourth-order valence-corrected chi connectivity index (χ4v) is 1.58. The predicted octanol–water partition coefficient (Wildman–Crippen LogP) is 0.0897. The molecule has 18 heavy (non-hydrogen) atoms. The highest BCUT2D eigenvalue weighted by Crippen LogP contribution is 2.16. The van der Waals surface area contributed by atoms with Crippen LogP contribution in [0.5, 0.6) is 11.8 Å². The quantitative estimate of drug-likeness (QED) is 0.786. The number of nitrogens with zero attached hydrogens (tertiary/aromatic N) is 4. The zero-order valence-corrected chi connectivity index (χ0v) is 10.8. The van der Waals surface area contributed by atoms with Gasteiger partial charge in [0.2, 0.25) is 11.8 Å². The van der Waals surface area contributed by atoms with E-state index in [9.17, 15) is 4.79 Å². The molecule has 1 N–H and O–H groups in total. The van der Waals surface area contributed by atoms with Crippen LogP contribution in [-0.2, 0) is 0 Å². The van der Waals surface area contributed by atoms with Crippen molar-refractivity contribution in [1.29, 1.82) is 0 Å². The van der Waals surface area contributed by atoms with Crippen molar-refractivity contribution in [3.63, 3.8) is 0 Å². The van der Waals surface area contributed by atoms with Gasteiger partial charge < -0.3 is 9.47 Å². The first kappa shape index (κ1) is 12.4. The summed E-state index contributed by atoms with van der Waals surface area (Å²) in [6.45, 7) is 0. The van der Waals surface area contributed by atoms with Gasteiger partial charge in [0.25, 0.3) is 5.95 Å². The minimum Gasteiger partial charge on any atom is -0.481 e. The Labute approximate surface area is 106 Å². The second kappa shape index (κ2) is 5.08. The van der Waals surface area contributed by atoms with E-state index in [0.717, 1.165) is 4.68 Å². The first-order chi connectivity index (χ1) is 8.67. The lowest BCUT2D eigenvalue weighted by atomic mass is 10.6. The number of nitrogens with one attached hydrogen (secondary N) is 1. The van der Waals surface area contributed by atoms with E-state index in [1.54, 1.807) is 6.26 Å². The van der Waals surface area contributed by atoms with Gasteiger partial charge in [0, 0.05) is 0 Å². The molecule has 0 aliphatic rings. The Morgan fingerprint density at radius 2 is 1.89 bits per heavy atom. The van der Waals surface area contributed by atoms with E-state index in [-0.39, 0.29) is 17.7 Å². The molecule has 0 aromatic carbocycles. The average Bonchev–Trinajstić information content (AvgIpc) is 2.79. The molecule has 96 valence electrons. The molecule has 2 heterocycles. The van der Waals surface area contributed by atoms with Crippen molar-refractivity contribution < 1.29 is 9.47 Å². The Morgan fingerprint density at radius 1 is 1.28 bits per heavy atom. The molecule has 2 rings (SSSR count). The third kappa shape index (κ3) is 2.30. The van der Waals surface area contributed by atoms with E-state index < -0.39 is 5.69 Å². The molecule has 2 aromatic heterocycles. The molecule has 0 saturated heterocycles. The lowest BCUT2D eigenvalue weighted by Crippen LogP contribution is -2.19. The second-order valence-corrected chi connectivity index (χ2v) is 3.90. The molecule has 0 amide bonds. The molecule has 0 bridgehead atoms. The molecule has 0 aliphatic carbocycles. The van der Waals surface area contributed by atoms with Gasteiger partial charge in [-0.15, -0.1) is 9.78 Å². The Hall–Kier alpha value is -2.03. The number of hydrogen-bond acceptors (Lipinski definition) is 7. The van der Waals surface area contributed by atoms with Crippen LogP contribution in [0, 0.1) is 0 Å². The van der Waals surface area contributed by atoms with Gasteiger partial charge in [-0.3, -0.25) is 4.98 Å². The van der Waals surface area contributed by atoms with Crippen LogP contribution >= 0.6 is 11.8 Å². The second-order valence-electron chi connectivity index (χ2n) is 3.10. The monoisotopic (exact) mass is 269 g/mol. The Morgan fingerprint density at radius 3 is 2.33 bits per heavy atom. The number of aromatic amines is 1. The fourth-order valence-electron chi connectivity index (χ4n) is 1.23. The lowest BCUT2D eigenvalue weighted by molar-refractivity contribution is 0.369. The van der Waals surface area contributed by atoms with Crippen LogP contribution in [0.2, 0.25) is 0 Å². The minimum absolute atomic E-state index is 0.0905. The van der Waals surface area contributed by atoms with Crippen LogP contribution in [0.3, 0.4) is 0 Å². The number of methoxy groups -OCH3 is 2. The number of ether oxygens (including phenoxy) is 2. The minimum atomic E-state index is -0.422. The lowest BCUT2D eigenvalue weighted by Gasteiger charge is -2.04. The third-order valence-corrected chi connectivity index (χ3v) is 2.64. The summed E-state index contributed by atoms with van der Waals surface area (Å²) in [5.41, 5.74) is -0.422. The molecule has 0 atom stereocenters. The molecule has 9 heteroatoms. The van der Waals surface area contributed by atoms with Crippen molar-refractivity contribution in [2.24, 2.45) is 0 Å². The van der Waals surface area contributed by atoms with Crippen LogP contribution in [0.1, 0.15) is 0 Å². The van der Waals surface area contributed by atoms with Gasteiger partial charge in [0.15, 0.2) is 5.16 Å². The summed E-state index contributed by atoms with van der Waals surface area (Å²) in [5.74, 6) is 0.669. The van der Waals surface area contributed by atoms with Crippen LogP contribution in [-0.4, -0.2) is 45.2 Å². The highest BCUT2D eigenvalue weighted by Gasteiger charge is 2.12. The normalized spacial score (nSPS) is 10.4. The van der Waals surface area contributed by atoms with Gasteiger partial charge >= 0.3 is 5.69 Å². The molecule has 0 saturated carbocycles. The molecule has 0 fully saturated rings. The van der Waals surface area contributed by atoms with Crippen molar-refractivity contribution in [3.05, 3.63) is 16.6 Å². The van der Waals surface area contributed by atoms with Gasteiger partial charge in [-0.1, -0.05) is 11.8 Å². The summed E-state index contributed by atoms with van der Waals surface area (Å²) in [5, 5.41) is 4.50. The number of hydrogen-bond donors (Lipinski definition) is 1. The third-order valence-electron chi connectivity index (χ3n) is 2.07. The van der Waals surface area contributed by atoms with E-state index in [4.69, 9.17) is 9.47 Å². The van der Waals surface area contributed by atoms with E-state index in [2.05, 4.69) is 20.1 Å². The molecular weight excluding hydrogens is 258 g/mol. The summed E-state index contributed by atoms with van der Waals surface area (Å²) < 4.78 is 11.1. The number of thioether (sulfide) groups is 1. The Kier molecular flexibility index (Phi) is 3.51. The van der Waals surface area contributed by atoms with E-state index >= 15 is 0 Å². The Balaban J connectivity index is 2.55. The summed E-state index contributed by atoms with van der Waals surface area (Å²) in [7, 11) is 2.93. The maximum Gasteiger partial charge on any atom is 0.351 e. The van der Waals surface area contributed by atoms with Crippen LogP contribution in [0.15, 0.2) is 16.0 Å². The zero-order chi connectivity index (χ0) is 13.1. The first-order valence-electron chi connectivity index (χ1n) is 4.88. The molecule has 0 radical (unpaired) electrons. The van der Waals surface area contributed by atoms with Gasteiger partial charge in [0.05, 0.1) is 20.3 Å². The Bertz CT molecular complexity index is 586. The van der Waals surface area contributed by atoms with Crippen molar-refractivity contribution in [2.75, 3.05) is 20.5 Å². The molecule has 0 unspecified atom stereocenters. The molecular formula is C9H11N5O3S. The summed E-state index contributed by atoms with van der Waals surface area (Å²) in [6, 6.07) is 1.51. The van der Waals surface area contributed by atoms with Crippen LogP contribution in [0.25, 0.3) is 5.95 Å². The maximum atomic E-state index is 11.7. The van der Waals surface area contributed by atoms with E-state index in [1.807, 2.05) is 0 Å². The van der Waals surface area contributed by atoms with E-state index in [1.165, 1.54) is 32.0 Å². The smallest absolute Gasteiger partial charge is 0.351 e. The molecule has 2 aromatic rings. The van der Waals surface area contributed by atoms with E-state index in [0.29, 0.717) is 5.16 Å². The van der Waals surface area contributed by atoms with Gasteiger partial charge in [-0.2, -0.15) is 9.97 Å². The van der Waals surface area contributed by atoms with Crippen molar-refractivity contribution in [2.45, 2.75) is 5.16 Å². The highest BCUT2D eigenvalue weighted by molar-refractivity contribution is 7.98. The first-order valence-corrected chi connectivity index (χ1v) is 6.11. The molecule has 8 nitrogen and oxygen atoms in total. The van der Waals surface area contributed by atoms with Crippen LogP contribution in [0.4, 0.5) is 0 Å². The number of H-pyrrole nitrogens is 1. The largest absolute Gasteiger partial charge is 0.481 e. The summed E-state index contributed by atoms with van der Waals surface area (Å²) >= 11 is 1.31. The fraction of sp³-hybridized carbons (Fsp3) is 0.333. The van der Waals surface area contributed by atoms with Crippen molar-refractivity contribution in [1.82, 2.24) is 24.7 Å². The summed E-state index contributed by atoms with van der Waals surface area (Å²) in [4.78, 5) is 22.3. The van der Waals surface area contributed by atoms with Gasteiger partial charge in [0.1, 0.15) is 0 Å². The number of rotatable bonds is 4. The maximum absolute atomic E-state index is 11.7. The topological polar surface area (TPSA) is 94.9 Å². The van der Waals surface area contributed by atoms with Gasteiger partial charge in [-0.25, -0.2) is 4.79 Å². The summed E-state index contributed by atoms with van der Waals surface area (Å²) in [6.07, 6.45) is 1.80. The van der Waals surface area contributed by atoms with Gasteiger partial charge in [-0.05, 0) is 6.26 Å². The number of aromatic nitrogens is 5. The SMILES string of the molecule is COc1cc(OC)nc(-n2nc(SC)[nH]c2=O)n1. The highest BCUT2D eigenvalue weighted by atomic mass is 32.2. The van der Waals surface area contributed by atoms with Crippen LogP contribution < -0.4 is 15.2 Å². The predicted molar refractivity (Wildman–Crippen MR) is 64.7 cm³/mol. The molecule has 0 aliphatic heterocycles. The standard InChI is InChI=1S/C9H11N5O3S/c1-16-5-4-6(17-2)11-7(10-5)14-9(15)12-8(13-14)18-3/h4H,1-3H3,(H,12,13,15). The molecule has 0 spiro atoms. The zero-order valence-electron chi connectivity index (χ0n) is 10.00.